The third-order valence-corrected chi connectivity index (χ3v) is 13.9. The summed E-state index contributed by atoms with van der Waals surface area (Å²) in [4.78, 5) is 39.8. The van der Waals surface area contributed by atoms with Crippen LogP contribution in [0.5, 0.6) is 0 Å². The first kappa shape index (κ1) is 64.8. The minimum atomic E-state index is -4.68. The molecule has 3 atom stereocenters. The number of likely N-dealkylation sites (N-methyl/N-ethyl adjacent to an activating group) is 1. The Balaban J connectivity index is 5.32. The Kier molecular flexibility index (Phi) is 46.5. The zero-order valence-electron chi connectivity index (χ0n) is 44.7. The molecule has 0 aliphatic carbocycles. The lowest BCUT2D eigenvalue weighted by Crippen LogP contribution is -2.47. The summed E-state index contributed by atoms with van der Waals surface area (Å²) in [6, 6.07) is -0.877. The molecule has 3 unspecified atom stereocenters. The van der Waals surface area contributed by atoms with E-state index in [1.807, 2.05) is 33.3 Å². The van der Waals surface area contributed by atoms with Gasteiger partial charge in [0.2, 0.25) is 5.91 Å². The predicted octanol–water partition coefficient (Wildman–Crippen LogP) is 16.2. The summed E-state index contributed by atoms with van der Waals surface area (Å²) in [5.74, 6) is -0.525. The maximum absolute atomic E-state index is 13.5. The Labute approximate surface area is 410 Å². The summed E-state index contributed by atoms with van der Waals surface area (Å²) < 4.78 is 30.2. The van der Waals surface area contributed by atoms with Crippen molar-refractivity contribution in [2.75, 3.05) is 40.9 Å². The number of nitrogens with one attached hydrogen (secondary N) is 1. The van der Waals surface area contributed by atoms with Crippen molar-refractivity contribution in [1.82, 2.24) is 5.32 Å². The van der Waals surface area contributed by atoms with Crippen LogP contribution in [0.3, 0.4) is 0 Å². The molecule has 0 spiro atoms. The van der Waals surface area contributed by atoms with Crippen molar-refractivity contribution < 1.29 is 37.3 Å². The highest BCUT2D eigenvalue weighted by Crippen LogP contribution is 2.38. The van der Waals surface area contributed by atoms with Gasteiger partial charge in [-0.15, -0.1) is 0 Å². The number of hydrogen-bond acceptors (Lipinski definition) is 7. The van der Waals surface area contributed by atoms with Gasteiger partial charge < -0.3 is 28.5 Å². The molecule has 1 N–H and O–H groups in total. The third kappa shape index (κ3) is 47.8. The van der Waals surface area contributed by atoms with Crippen molar-refractivity contribution >= 4 is 19.7 Å². The SMILES string of the molecule is CCCCCCCCCCCCC/C=C/C(OC(=O)CCCCCCCCCCCCC)C(COP(=O)([O-])OCC[N+](C)(C)C)NC(=O)CCCCCCCCCCCCCCCCCC. The minimum Gasteiger partial charge on any atom is -0.756 e. The fraction of sp³-hybridized carbons (Fsp3) is 0.929. The number of ether oxygens (including phenoxy) is 1. The molecule has 9 nitrogen and oxygen atoms in total. The number of quaternary nitrogens is 1. The molecule has 0 aromatic rings. The number of phosphoric acid groups is 1. The Bertz CT molecular complexity index is 1150. The zero-order valence-corrected chi connectivity index (χ0v) is 45.6. The topological polar surface area (TPSA) is 114 Å². The number of nitrogens with zero attached hydrogens (tertiary/aromatic N) is 1. The number of amides is 1. The lowest BCUT2D eigenvalue weighted by Gasteiger charge is -2.30. The summed E-state index contributed by atoms with van der Waals surface area (Å²) in [7, 11) is 1.20. The van der Waals surface area contributed by atoms with Crippen molar-refractivity contribution in [3.63, 3.8) is 0 Å². The highest BCUT2D eigenvalue weighted by Gasteiger charge is 2.27. The van der Waals surface area contributed by atoms with Gasteiger partial charge in [-0.05, 0) is 31.8 Å². The van der Waals surface area contributed by atoms with Gasteiger partial charge in [0.25, 0.3) is 7.82 Å². The Morgan fingerprint density at radius 3 is 1.24 bits per heavy atom. The molecule has 0 saturated heterocycles. The summed E-state index contributed by atoms with van der Waals surface area (Å²) in [5, 5.41) is 3.03. The number of carbonyl (C=O) groups excluding carboxylic acids is 2. The maximum atomic E-state index is 13.5. The van der Waals surface area contributed by atoms with Crippen molar-refractivity contribution in [2.45, 2.75) is 296 Å². The average Bonchev–Trinajstić information content (AvgIpc) is 3.27. The monoisotopic (exact) mass is 955 g/mol. The molecule has 0 aliphatic rings. The number of phosphoric ester groups is 1. The van der Waals surface area contributed by atoms with Crippen LogP contribution in [0.1, 0.15) is 284 Å². The first-order chi connectivity index (χ1) is 31.9. The molecule has 1 amide bonds. The number of hydrogen-bond donors (Lipinski definition) is 1. The second-order valence-electron chi connectivity index (χ2n) is 20.8. The summed E-state index contributed by atoms with van der Waals surface area (Å²) >= 11 is 0. The van der Waals surface area contributed by atoms with E-state index in [0.717, 1.165) is 57.8 Å². The lowest BCUT2D eigenvalue weighted by atomic mass is 10.0. The van der Waals surface area contributed by atoms with E-state index in [1.165, 1.54) is 193 Å². The van der Waals surface area contributed by atoms with Crippen LogP contribution >= 0.6 is 7.82 Å². The van der Waals surface area contributed by atoms with Crippen LogP contribution in [0.2, 0.25) is 0 Å². The highest BCUT2D eigenvalue weighted by atomic mass is 31.2. The summed E-state index contributed by atoms with van der Waals surface area (Å²) in [6.07, 6.45) is 51.6. The first-order valence-corrected chi connectivity index (χ1v) is 30.0. The van der Waals surface area contributed by atoms with Gasteiger partial charge in [0, 0.05) is 12.8 Å². The molecular formula is C56H111N2O7P. The maximum Gasteiger partial charge on any atom is 0.306 e. The molecule has 0 aromatic carbocycles. The third-order valence-electron chi connectivity index (χ3n) is 13.0. The van der Waals surface area contributed by atoms with Crippen LogP contribution in [0.4, 0.5) is 0 Å². The molecular weight excluding hydrogens is 844 g/mol. The number of allylic oxidation sites excluding steroid dienone is 1. The lowest BCUT2D eigenvalue weighted by molar-refractivity contribution is -0.870. The van der Waals surface area contributed by atoms with E-state index in [1.54, 1.807) is 0 Å². The van der Waals surface area contributed by atoms with Gasteiger partial charge in [-0.3, -0.25) is 14.2 Å². The predicted molar refractivity (Wildman–Crippen MR) is 280 cm³/mol. The highest BCUT2D eigenvalue weighted by molar-refractivity contribution is 7.45. The van der Waals surface area contributed by atoms with Gasteiger partial charge in [-0.2, -0.15) is 0 Å². The van der Waals surface area contributed by atoms with Gasteiger partial charge in [-0.1, -0.05) is 252 Å². The Hall–Kier alpha value is -1.25. The molecule has 66 heavy (non-hydrogen) atoms. The first-order valence-electron chi connectivity index (χ1n) is 28.5. The van der Waals surface area contributed by atoms with Crippen LogP contribution in [0, 0.1) is 0 Å². The fourth-order valence-corrected chi connectivity index (χ4v) is 9.25. The molecule has 0 radical (unpaired) electrons. The molecule has 0 rings (SSSR count). The molecule has 0 aliphatic heterocycles. The molecule has 0 fully saturated rings. The van der Waals surface area contributed by atoms with Gasteiger partial charge in [0.15, 0.2) is 0 Å². The van der Waals surface area contributed by atoms with E-state index in [-0.39, 0.29) is 31.5 Å². The molecule has 0 aromatic heterocycles. The van der Waals surface area contributed by atoms with Crippen LogP contribution in [-0.4, -0.2) is 69.4 Å². The standard InChI is InChI=1S/C56H111N2O7P/c1-7-10-13-16-19-22-25-27-28-29-31-34-36-39-42-45-48-55(59)57-53(52-64-66(61,62)63-51-50-58(4,5)6)54(47-44-41-38-35-33-30-26-23-20-17-14-11-8-2)65-56(60)49-46-43-40-37-32-24-21-18-15-12-9-3/h44,47,53-54H,7-43,45-46,48-52H2,1-6H3,(H-,57,59,61,62)/b47-44+. The Morgan fingerprint density at radius 1 is 0.515 bits per heavy atom. The second-order valence-corrected chi connectivity index (χ2v) is 22.2. The fourth-order valence-electron chi connectivity index (χ4n) is 8.52. The quantitative estimate of drug-likeness (QED) is 0.0212. The smallest absolute Gasteiger partial charge is 0.306 e. The van der Waals surface area contributed by atoms with E-state index >= 15 is 0 Å². The van der Waals surface area contributed by atoms with Gasteiger partial charge in [-0.25, -0.2) is 0 Å². The largest absolute Gasteiger partial charge is 0.756 e. The number of esters is 1. The van der Waals surface area contributed by atoms with E-state index in [2.05, 4.69) is 26.1 Å². The molecule has 0 saturated carbocycles. The van der Waals surface area contributed by atoms with Crippen molar-refractivity contribution in [2.24, 2.45) is 0 Å². The molecule has 10 heteroatoms. The van der Waals surface area contributed by atoms with E-state index in [0.29, 0.717) is 17.4 Å². The van der Waals surface area contributed by atoms with Crippen LogP contribution in [-0.2, 0) is 27.9 Å². The molecule has 392 valence electrons. The van der Waals surface area contributed by atoms with Crippen molar-refractivity contribution in [3.8, 4) is 0 Å². The van der Waals surface area contributed by atoms with Crippen molar-refractivity contribution in [3.05, 3.63) is 12.2 Å². The van der Waals surface area contributed by atoms with Gasteiger partial charge in [0.1, 0.15) is 19.3 Å². The van der Waals surface area contributed by atoms with E-state index in [4.69, 9.17) is 13.8 Å². The van der Waals surface area contributed by atoms with Crippen LogP contribution < -0.4 is 10.2 Å². The number of carbonyl (C=O) groups is 2. The average molecular weight is 955 g/mol. The zero-order chi connectivity index (χ0) is 48.7. The van der Waals surface area contributed by atoms with E-state index in [9.17, 15) is 19.0 Å². The van der Waals surface area contributed by atoms with Gasteiger partial charge >= 0.3 is 5.97 Å². The normalized spacial score (nSPS) is 13.9. The van der Waals surface area contributed by atoms with Crippen LogP contribution in [0.25, 0.3) is 0 Å². The Morgan fingerprint density at radius 2 is 0.864 bits per heavy atom. The summed E-state index contributed by atoms with van der Waals surface area (Å²) in [6.45, 7) is 6.87. The molecule has 0 heterocycles. The molecule has 0 bridgehead atoms. The van der Waals surface area contributed by atoms with E-state index < -0.39 is 20.0 Å². The summed E-state index contributed by atoms with van der Waals surface area (Å²) in [5.41, 5.74) is 0. The van der Waals surface area contributed by atoms with Crippen molar-refractivity contribution in [1.29, 1.82) is 0 Å². The van der Waals surface area contributed by atoms with Gasteiger partial charge in [0.05, 0.1) is 33.8 Å². The van der Waals surface area contributed by atoms with Crippen LogP contribution in [0.15, 0.2) is 12.2 Å². The number of unbranched alkanes of at least 4 members (excludes halogenated alkanes) is 36. The number of rotatable bonds is 52. The minimum absolute atomic E-state index is 0.0171. The second kappa shape index (κ2) is 47.4.